The van der Waals surface area contributed by atoms with E-state index in [4.69, 9.17) is 0 Å². The summed E-state index contributed by atoms with van der Waals surface area (Å²) in [5.41, 5.74) is 1.84. The summed E-state index contributed by atoms with van der Waals surface area (Å²) in [7, 11) is 0. The zero-order valence-electron chi connectivity index (χ0n) is 6.97. The predicted molar refractivity (Wildman–Crippen MR) is 45.7 cm³/mol. The maximum atomic E-state index is 12.7. The molecule has 0 saturated heterocycles. The van der Waals surface area contributed by atoms with Crippen LogP contribution in [-0.4, -0.2) is 11.5 Å². The molecule has 1 atom stereocenters. The minimum absolute atomic E-state index is 0.372. The molecule has 1 unspecified atom stereocenters. The first-order valence-electron chi connectivity index (χ1n) is 4.17. The van der Waals surface area contributed by atoms with Crippen molar-refractivity contribution in [1.82, 2.24) is 4.98 Å². The third-order valence-electron chi connectivity index (χ3n) is 2.25. The van der Waals surface area contributed by atoms with Gasteiger partial charge in [0, 0.05) is 12.5 Å². The molecule has 1 aliphatic heterocycles. The number of fused-ring (bicyclic) bond motifs is 1. The van der Waals surface area contributed by atoms with Gasteiger partial charge >= 0.3 is 0 Å². The third-order valence-corrected chi connectivity index (χ3v) is 2.25. The molecule has 0 aliphatic carbocycles. The Labute approximate surface area is 70.8 Å². The van der Waals surface area contributed by atoms with Gasteiger partial charge in [-0.2, -0.15) is 4.39 Å². The number of nitrogens with zero attached hydrogens (tertiary/aromatic N) is 1. The first-order chi connectivity index (χ1) is 5.77. The molecule has 2 nitrogen and oxygen atoms in total. The van der Waals surface area contributed by atoms with Gasteiger partial charge in [0.15, 0.2) is 0 Å². The van der Waals surface area contributed by atoms with Crippen molar-refractivity contribution in [3.63, 3.8) is 0 Å². The Morgan fingerprint density at radius 3 is 3.25 bits per heavy atom. The first-order valence-corrected chi connectivity index (χ1v) is 4.17. The van der Waals surface area contributed by atoms with Crippen LogP contribution in [0.3, 0.4) is 0 Å². The van der Waals surface area contributed by atoms with Gasteiger partial charge in [-0.25, -0.2) is 4.98 Å². The first kappa shape index (κ1) is 7.53. The summed E-state index contributed by atoms with van der Waals surface area (Å²) in [6.07, 6.45) is 1.03. The Morgan fingerprint density at radius 2 is 2.42 bits per heavy atom. The maximum absolute atomic E-state index is 12.7. The van der Waals surface area contributed by atoms with Crippen molar-refractivity contribution in [2.45, 2.75) is 19.3 Å². The second-order valence-electron chi connectivity index (χ2n) is 3.18. The molecule has 2 heterocycles. The van der Waals surface area contributed by atoms with Crippen LogP contribution in [0.25, 0.3) is 0 Å². The number of aromatic nitrogens is 1. The second-order valence-corrected chi connectivity index (χ2v) is 3.18. The monoisotopic (exact) mass is 166 g/mol. The van der Waals surface area contributed by atoms with Gasteiger partial charge in [-0.05, 0) is 18.6 Å². The molecule has 12 heavy (non-hydrogen) atoms. The lowest BCUT2D eigenvalue weighted by atomic mass is 9.98. The molecule has 0 radical (unpaired) electrons. The molecule has 1 aromatic heterocycles. The Kier molecular flexibility index (Phi) is 1.71. The molecular formula is C9H11FN2. The summed E-state index contributed by atoms with van der Waals surface area (Å²) < 4.78 is 12.7. The van der Waals surface area contributed by atoms with Gasteiger partial charge in [-0.3, -0.25) is 0 Å². The normalized spacial score (nSPS) is 21.3. The maximum Gasteiger partial charge on any atom is 0.213 e. The quantitative estimate of drug-likeness (QED) is 0.597. The zero-order valence-corrected chi connectivity index (χ0v) is 6.97. The number of rotatable bonds is 0. The molecule has 0 bridgehead atoms. The highest BCUT2D eigenvalue weighted by molar-refractivity contribution is 5.50. The van der Waals surface area contributed by atoms with Crippen LogP contribution in [-0.2, 0) is 0 Å². The topological polar surface area (TPSA) is 24.9 Å². The molecule has 1 N–H and O–H groups in total. The van der Waals surface area contributed by atoms with Crippen molar-refractivity contribution < 1.29 is 4.39 Å². The lowest BCUT2D eigenvalue weighted by Gasteiger charge is -2.22. The average Bonchev–Trinajstić information content (AvgIpc) is 2.07. The van der Waals surface area contributed by atoms with Crippen molar-refractivity contribution >= 4 is 5.69 Å². The van der Waals surface area contributed by atoms with Crippen LogP contribution in [0, 0.1) is 5.95 Å². The number of anilines is 1. The standard InChI is InChI=1S/C9H11FN2/c1-6-4-5-11-7-2-3-8(10)12-9(6)7/h2-3,6,11H,4-5H2,1H3. The minimum Gasteiger partial charge on any atom is -0.384 e. The van der Waals surface area contributed by atoms with Crippen LogP contribution in [0.15, 0.2) is 12.1 Å². The summed E-state index contributed by atoms with van der Waals surface area (Å²) in [5, 5.41) is 3.19. The molecule has 2 rings (SSSR count). The van der Waals surface area contributed by atoms with E-state index < -0.39 is 0 Å². The van der Waals surface area contributed by atoms with Gasteiger partial charge < -0.3 is 5.32 Å². The van der Waals surface area contributed by atoms with E-state index in [1.165, 1.54) is 6.07 Å². The van der Waals surface area contributed by atoms with Gasteiger partial charge in [0.1, 0.15) is 0 Å². The van der Waals surface area contributed by atoms with Crippen molar-refractivity contribution in [2.75, 3.05) is 11.9 Å². The summed E-state index contributed by atoms with van der Waals surface area (Å²) in [6.45, 7) is 3.04. The lowest BCUT2D eigenvalue weighted by molar-refractivity contribution is 0.558. The predicted octanol–water partition coefficient (Wildman–Crippen LogP) is 2.14. The number of halogens is 1. The molecule has 64 valence electrons. The van der Waals surface area contributed by atoms with E-state index in [0.29, 0.717) is 5.92 Å². The van der Waals surface area contributed by atoms with Crippen LogP contribution in [0.2, 0.25) is 0 Å². The number of hydrogen-bond donors (Lipinski definition) is 1. The van der Waals surface area contributed by atoms with Crippen LogP contribution >= 0.6 is 0 Å². The van der Waals surface area contributed by atoms with E-state index >= 15 is 0 Å². The highest BCUT2D eigenvalue weighted by Crippen LogP contribution is 2.28. The van der Waals surface area contributed by atoms with Gasteiger partial charge in [0.05, 0.1) is 11.4 Å². The van der Waals surface area contributed by atoms with Gasteiger partial charge in [-0.15, -0.1) is 0 Å². The van der Waals surface area contributed by atoms with Crippen molar-refractivity contribution in [3.05, 3.63) is 23.8 Å². The Balaban J connectivity index is 2.47. The molecule has 0 saturated carbocycles. The fraction of sp³-hybridized carbons (Fsp3) is 0.444. The smallest absolute Gasteiger partial charge is 0.213 e. The third kappa shape index (κ3) is 1.15. The summed E-state index contributed by atoms with van der Waals surface area (Å²) in [4.78, 5) is 3.87. The molecule has 3 heteroatoms. The lowest BCUT2D eigenvalue weighted by Crippen LogP contribution is -2.16. The van der Waals surface area contributed by atoms with Crippen molar-refractivity contribution in [3.8, 4) is 0 Å². The van der Waals surface area contributed by atoms with Gasteiger partial charge in [0.2, 0.25) is 5.95 Å². The van der Waals surface area contributed by atoms with E-state index in [-0.39, 0.29) is 5.95 Å². The van der Waals surface area contributed by atoms with Crippen LogP contribution < -0.4 is 5.32 Å². The Hall–Kier alpha value is -1.12. The fourth-order valence-corrected chi connectivity index (χ4v) is 1.54. The molecule has 0 amide bonds. The van der Waals surface area contributed by atoms with E-state index in [1.54, 1.807) is 6.07 Å². The van der Waals surface area contributed by atoms with E-state index in [0.717, 1.165) is 24.3 Å². The van der Waals surface area contributed by atoms with E-state index in [2.05, 4.69) is 17.2 Å². The van der Waals surface area contributed by atoms with Crippen molar-refractivity contribution in [2.24, 2.45) is 0 Å². The van der Waals surface area contributed by atoms with Gasteiger partial charge in [0.25, 0.3) is 0 Å². The number of pyridine rings is 1. The number of nitrogens with one attached hydrogen (secondary N) is 1. The van der Waals surface area contributed by atoms with Gasteiger partial charge in [-0.1, -0.05) is 6.92 Å². The second kappa shape index (κ2) is 2.73. The van der Waals surface area contributed by atoms with Crippen molar-refractivity contribution in [1.29, 1.82) is 0 Å². The largest absolute Gasteiger partial charge is 0.384 e. The Bertz CT molecular complexity index is 299. The highest BCUT2D eigenvalue weighted by Gasteiger charge is 2.17. The van der Waals surface area contributed by atoms with Crippen LogP contribution in [0.4, 0.5) is 10.1 Å². The number of hydrogen-bond acceptors (Lipinski definition) is 2. The Morgan fingerprint density at radius 1 is 1.58 bits per heavy atom. The molecule has 0 spiro atoms. The van der Waals surface area contributed by atoms with E-state index in [9.17, 15) is 4.39 Å². The zero-order chi connectivity index (χ0) is 8.55. The summed E-state index contributed by atoms with van der Waals surface area (Å²) in [6, 6.07) is 3.15. The molecule has 1 aliphatic rings. The summed E-state index contributed by atoms with van der Waals surface area (Å²) >= 11 is 0. The van der Waals surface area contributed by atoms with Crippen LogP contribution in [0.5, 0.6) is 0 Å². The summed E-state index contributed by atoms with van der Waals surface area (Å²) in [5.74, 6) is -0.0127. The molecular weight excluding hydrogens is 155 g/mol. The molecule has 0 aromatic carbocycles. The van der Waals surface area contributed by atoms with Crippen LogP contribution in [0.1, 0.15) is 25.0 Å². The fourth-order valence-electron chi connectivity index (χ4n) is 1.54. The highest BCUT2D eigenvalue weighted by atomic mass is 19.1. The SMILES string of the molecule is CC1CCNc2ccc(F)nc21. The van der Waals surface area contributed by atoms with E-state index in [1.807, 2.05) is 0 Å². The molecule has 1 aromatic rings. The minimum atomic E-state index is -0.385. The average molecular weight is 166 g/mol. The molecule has 0 fully saturated rings.